The van der Waals surface area contributed by atoms with Gasteiger partial charge in [-0.1, -0.05) is 6.08 Å². The molecule has 10 heteroatoms. The Morgan fingerprint density at radius 1 is 1.28 bits per heavy atom. The molecule has 0 saturated carbocycles. The Morgan fingerprint density at radius 3 is 2.81 bits per heavy atom. The van der Waals surface area contributed by atoms with E-state index in [-0.39, 0.29) is 0 Å². The summed E-state index contributed by atoms with van der Waals surface area (Å²) in [6.07, 6.45) is 13.6. The van der Waals surface area contributed by atoms with Crippen molar-refractivity contribution >= 4 is 23.8 Å². The molecule has 0 spiro atoms. The minimum Gasteiger partial charge on any atom is -0.372 e. The lowest BCUT2D eigenvalue weighted by molar-refractivity contribution is 0.0707. The topological polar surface area (TPSA) is 74.8 Å². The van der Waals surface area contributed by atoms with Crippen molar-refractivity contribution in [3.8, 4) is 11.1 Å². The van der Waals surface area contributed by atoms with Crippen LogP contribution in [0.4, 0.5) is 14.7 Å². The van der Waals surface area contributed by atoms with E-state index in [2.05, 4.69) is 45.2 Å². The Morgan fingerprint density at radius 2 is 2.11 bits per heavy atom. The third kappa shape index (κ3) is 4.94. The van der Waals surface area contributed by atoms with Crippen LogP contribution in [-0.2, 0) is 0 Å². The van der Waals surface area contributed by atoms with E-state index < -0.39 is 6.55 Å². The van der Waals surface area contributed by atoms with Gasteiger partial charge < -0.3 is 15.5 Å². The number of rotatable bonds is 8. The number of aliphatic imine (C=N–C) groups is 1. The van der Waals surface area contributed by atoms with E-state index in [1.807, 2.05) is 22.7 Å². The molecule has 1 aliphatic heterocycles. The molecule has 0 bridgehead atoms. The predicted molar refractivity (Wildman–Crippen MR) is 139 cm³/mol. The molecule has 0 aromatic carbocycles. The number of alkyl halides is 2. The number of halogens is 2. The van der Waals surface area contributed by atoms with Crippen LogP contribution in [0.15, 0.2) is 65.5 Å². The van der Waals surface area contributed by atoms with E-state index in [1.165, 1.54) is 12.4 Å². The molecule has 2 aliphatic rings. The molecule has 1 aliphatic carbocycles. The van der Waals surface area contributed by atoms with Crippen molar-refractivity contribution in [3.05, 3.63) is 66.2 Å². The van der Waals surface area contributed by atoms with Crippen molar-refractivity contribution < 1.29 is 8.78 Å². The predicted octanol–water partition coefficient (Wildman–Crippen LogP) is 4.92. The average Bonchev–Trinajstić information content (AvgIpc) is 3.66. The Labute approximate surface area is 208 Å². The number of hydrogen-bond donors (Lipinski definition) is 2. The minimum absolute atomic E-state index is 0.376. The lowest BCUT2D eigenvalue weighted by Gasteiger charge is -2.29. The van der Waals surface area contributed by atoms with E-state index >= 15 is 0 Å². The fourth-order valence-corrected chi connectivity index (χ4v) is 4.71. The highest BCUT2D eigenvalue weighted by molar-refractivity contribution is 5.84. The van der Waals surface area contributed by atoms with Gasteiger partial charge in [-0.3, -0.25) is 4.57 Å². The number of hydrogen-bond acceptors (Lipinski definition) is 6. The summed E-state index contributed by atoms with van der Waals surface area (Å²) in [6.45, 7) is 7.05. The van der Waals surface area contributed by atoms with E-state index in [0.717, 1.165) is 83.6 Å². The number of nitrogens with zero attached hydrogens (tertiary/aromatic N) is 6. The number of fused-ring (bicyclic) bond motifs is 1. The van der Waals surface area contributed by atoms with Gasteiger partial charge in [0.05, 0.1) is 17.4 Å². The molecule has 3 aromatic rings. The van der Waals surface area contributed by atoms with Crippen molar-refractivity contribution in [2.75, 3.05) is 31.5 Å². The van der Waals surface area contributed by atoms with Crippen LogP contribution < -0.4 is 10.6 Å². The number of anilines is 1. The fourth-order valence-electron chi connectivity index (χ4n) is 4.71. The molecule has 5 rings (SSSR count). The van der Waals surface area contributed by atoms with Crippen LogP contribution >= 0.6 is 0 Å². The molecular formula is C26H30F2N8. The lowest BCUT2D eigenvalue weighted by Crippen LogP contribution is -2.42. The lowest BCUT2D eigenvalue weighted by atomic mass is 10.0. The highest BCUT2D eigenvalue weighted by atomic mass is 19.3. The monoisotopic (exact) mass is 492 g/mol. The van der Waals surface area contributed by atoms with Crippen LogP contribution in [0.1, 0.15) is 38.4 Å². The zero-order chi connectivity index (χ0) is 25.1. The van der Waals surface area contributed by atoms with Crippen molar-refractivity contribution in [1.82, 2.24) is 29.4 Å². The molecule has 3 aromatic heterocycles. The second-order valence-corrected chi connectivity index (χ2v) is 8.95. The number of nitrogens with one attached hydrogen (secondary N) is 2. The van der Waals surface area contributed by atoms with Crippen LogP contribution in [0, 0.1) is 0 Å². The smallest absolute Gasteiger partial charge is 0.318 e. The summed E-state index contributed by atoms with van der Waals surface area (Å²) in [7, 11) is 0. The van der Waals surface area contributed by atoms with Crippen LogP contribution in [0.3, 0.4) is 0 Å². The Kier molecular flexibility index (Phi) is 6.95. The molecule has 0 amide bonds. The maximum absolute atomic E-state index is 13.2. The van der Waals surface area contributed by atoms with Gasteiger partial charge in [0.1, 0.15) is 5.82 Å². The largest absolute Gasteiger partial charge is 0.372 e. The van der Waals surface area contributed by atoms with Gasteiger partial charge in [0, 0.05) is 55.4 Å². The third-order valence-electron chi connectivity index (χ3n) is 6.62. The Balaban J connectivity index is 1.47. The fraction of sp³-hybridized carbons (Fsp3) is 0.346. The van der Waals surface area contributed by atoms with E-state index in [0.29, 0.717) is 11.8 Å². The second-order valence-electron chi connectivity index (χ2n) is 8.95. The number of aromatic nitrogens is 4. The zero-order valence-corrected chi connectivity index (χ0v) is 20.3. The zero-order valence-electron chi connectivity index (χ0n) is 20.3. The Bertz CT molecular complexity index is 1340. The first kappa shape index (κ1) is 23.9. The van der Waals surface area contributed by atoms with Gasteiger partial charge in [-0.2, -0.15) is 8.78 Å². The van der Waals surface area contributed by atoms with Crippen molar-refractivity contribution in [2.45, 2.75) is 32.7 Å². The quantitative estimate of drug-likeness (QED) is 0.345. The summed E-state index contributed by atoms with van der Waals surface area (Å²) in [4.78, 5) is 10.9. The molecule has 36 heavy (non-hydrogen) atoms. The van der Waals surface area contributed by atoms with E-state index in [1.54, 1.807) is 12.3 Å². The summed E-state index contributed by atoms with van der Waals surface area (Å²) in [5, 5.41) is 11.3. The second kappa shape index (κ2) is 10.4. The normalized spacial score (nSPS) is 17.2. The third-order valence-corrected chi connectivity index (χ3v) is 6.62. The molecule has 0 atom stereocenters. The molecule has 1 saturated heterocycles. The van der Waals surface area contributed by atoms with E-state index in [9.17, 15) is 8.78 Å². The molecule has 8 nitrogen and oxygen atoms in total. The summed E-state index contributed by atoms with van der Waals surface area (Å²) < 4.78 is 29.2. The van der Waals surface area contributed by atoms with Crippen molar-refractivity contribution in [3.63, 3.8) is 0 Å². The summed E-state index contributed by atoms with van der Waals surface area (Å²) in [5.74, 6) is 0.911. The highest BCUT2D eigenvalue weighted by Crippen LogP contribution is 2.37. The van der Waals surface area contributed by atoms with Gasteiger partial charge in [-0.15, -0.1) is 5.10 Å². The maximum Gasteiger partial charge on any atom is 0.318 e. The standard InChI is InChI=1S/C26H30F2N8/c1-18(34-13-10-30-11-14-34)7-8-23(29-2)32-26-31-16-21-15-22(20-9-12-35(17-20)25(27)28)24(36(21)33-26)19-5-3-4-6-19/h5,7-9,12,15-17,25,30H,2-4,6,10-11,13-14H2,1H3,(H,32,33)/b18-7+,23-8+. The first-order valence-electron chi connectivity index (χ1n) is 12.2. The van der Waals surface area contributed by atoms with Gasteiger partial charge >= 0.3 is 6.55 Å². The minimum atomic E-state index is -2.58. The average molecular weight is 493 g/mol. The summed E-state index contributed by atoms with van der Waals surface area (Å²) in [5.41, 5.74) is 5.59. The molecule has 1 fully saturated rings. The van der Waals surface area contributed by atoms with Gasteiger partial charge in [-0.05, 0) is 62.8 Å². The van der Waals surface area contributed by atoms with Gasteiger partial charge in [-0.25, -0.2) is 14.5 Å². The number of piperazine rings is 1. The van der Waals surface area contributed by atoms with Crippen LogP contribution in [0.25, 0.3) is 22.2 Å². The molecule has 0 radical (unpaired) electrons. The van der Waals surface area contributed by atoms with Crippen molar-refractivity contribution in [1.29, 1.82) is 0 Å². The molecule has 0 unspecified atom stereocenters. The summed E-state index contributed by atoms with van der Waals surface area (Å²) >= 11 is 0. The molecule has 2 N–H and O–H groups in total. The van der Waals surface area contributed by atoms with Gasteiger partial charge in [0.2, 0.25) is 5.95 Å². The first-order chi connectivity index (χ1) is 17.5. The molecular weight excluding hydrogens is 462 g/mol. The molecule has 188 valence electrons. The van der Waals surface area contributed by atoms with E-state index in [4.69, 9.17) is 5.10 Å². The first-order valence-corrected chi connectivity index (χ1v) is 12.2. The van der Waals surface area contributed by atoms with Crippen molar-refractivity contribution in [2.24, 2.45) is 4.99 Å². The van der Waals surface area contributed by atoms with Crippen LogP contribution in [0.2, 0.25) is 0 Å². The van der Waals surface area contributed by atoms with Gasteiger partial charge in [0.25, 0.3) is 0 Å². The van der Waals surface area contributed by atoms with Gasteiger partial charge in [0.15, 0.2) is 0 Å². The number of allylic oxidation sites excluding steroid dienone is 5. The maximum atomic E-state index is 13.2. The summed E-state index contributed by atoms with van der Waals surface area (Å²) in [6, 6.07) is 3.66. The SMILES string of the molecule is C=N/C(=C\C=C(/C)N1CCNCC1)Nc1ncc2cc(-c3ccn(C(F)F)c3)c(C3=CCCC3)n2n1. The van der Waals surface area contributed by atoms with Crippen LogP contribution in [0.5, 0.6) is 0 Å². The van der Waals surface area contributed by atoms with Crippen LogP contribution in [-0.4, -0.2) is 57.0 Å². The highest BCUT2D eigenvalue weighted by Gasteiger charge is 2.21. The Hall–Kier alpha value is -3.79. The molecule has 4 heterocycles.